The lowest BCUT2D eigenvalue weighted by Gasteiger charge is -2.12. The molecule has 0 atom stereocenters. The molecule has 26 nitrogen and oxygen atoms in total. The largest absolute Gasteiger partial charge is 0.508 e. The quantitative estimate of drug-likeness (QED) is 0.0157. The van der Waals surface area contributed by atoms with Crippen LogP contribution in [-0.4, -0.2) is 163 Å². The van der Waals surface area contributed by atoms with Crippen molar-refractivity contribution in [1.29, 1.82) is 0 Å². The number of hydrogen-bond acceptors (Lipinski definition) is 26. The second kappa shape index (κ2) is 52.9. The van der Waals surface area contributed by atoms with Crippen molar-refractivity contribution in [2.24, 2.45) is 0 Å². The Balaban J connectivity index is 0.000000219. The molecule has 0 heterocycles. The summed E-state index contributed by atoms with van der Waals surface area (Å²) in [7, 11) is 19.7. The van der Waals surface area contributed by atoms with Gasteiger partial charge in [0.15, 0.2) is 80.7 Å². The van der Waals surface area contributed by atoms with Crippen molar-refractivity contribution in [3.8, 4) is 115 Å². The molecule has 0 saturated heterocycles. The highest BCUT2D eigenvalue weighted by Crippen LogP contribution is 2.44. The molecule has 7 N–H and O–H groups in total. The van der Waals surface area contributed by atoms with Crippen molar-refractivity contribution in [3.63, 3.8) is 0 Å². The Morgan fingerprint density at radius 1 is 0.241 bits per heavy atom. The highest BCUT2D eigenvalue weighted by molar-refractivity contribution is 9.10. The molecule has 0 bridgehead atoms. The van der Waals surface area contributed by atoms with Gasteiger partial charge in [0.25, 0.3) is 0 Å². The lowest BCUT2D eigenvalue weighted by atomic mass is 10.1. The van der Waals surface area contributed by atoms with Gasteiger partial charge in [-0.1, -0.05) is 170 Å². The number of benzene rings is 12. The lowest BCUT2D eigenvalue weighted by molar-refractivity contribution is 0.103. The van der Waals surface area contributed by atoms with Crippen molar-refractivity contribution in [2.75, 3.05) is 92.4 Å². The molecule has 0 aliphatic carbocycles. The molecular formula is C103H94Br2Cl2O26. The number of para-hydroxylation sites is 2. The predicted octanol–water partition coefficient (Wildman–Crippen LogP) is 22.4. The van der Waals surface area contributed by atoms with E-state index in [0.29, 0.717) is 106 Å². The van der Waals surface area contributed by atoms with Gasteiger partial charge in [0.1, 0.15) is 46.0 Å². The van der Waals surface area contributed by atoms with Crippen LogP contribution in [0.2, 0.25) is 10.0 Å². The van der Waals surface area contributed by atoms with Gasteiger partial charge in [-0.2, -0.15) is 0 Å². The van der Waals surface area contributed by atoms with Crippen molar-refractivity contribution in [3.05, 3.63) is 341 Å². The Bertz CT molecular complexity index is 6160. The molecule has 0 aliphatic heterocycles. The van der Waals surface area contributed by atoms with Crippen molar-refractivity contribution < 1.29 is 126 Å². The Morgan fingerprint density at radius 3 is 0.895 bits per heavy atom. The standard InChI is InChI=1S/C19H20O6.C18H16BrClO5.C18H17BrO5.C18H18O5.C15H11ClO2.C15H12O3/c1-22-13-6-7-14(16(21)11-13)15(20)8-5-12-9-17(23-2)19(25-4)18(10-12)24-3;1-23-15-6-10(7-16(24-2)18(15)25-3)4-5-14(21)12-8-11(19)9-13(20)17(12)22;1-22-16-8-11(9-17(23-2)18(16)24-3)4-6-14(20)13-10-12(19)5-7-15(13)21;1-21-16-10-12(11-17(22-2)18(16)23-3)8-9-15(20)13-6-4-5-7-14(13)19;16-13-8-4-7-12(15(13)18)14(17)10-9-11-5-2-1-3-6-11;16-12-7-8-13(15(18)10-12)14(17)9-6-11-4-2-1-3-5-11/h5-11,21H,1-4H3;4-9,22H,1-3H3;4-10,21H,1-3H3;4-11,19H,1-3H3;1-10,18H;1-10,16,18H/b8-5+;5-4+;6-4+;9-8+;10-9+;9-6+. The number of ketones is 6. The summed E-state index contributed by atoms with van der Waals surface area (Å²) in [6.45, 7) is 0. The number of ether oxygens (including phenoxy) is 13. The summed E-state index contributed by atoms with van der Waals surface area (Å²) >= 11 is 18.2. The third-order valence-corrected chi connectivity index (χ3v) is 20.1. The second-order valence-corrected chi connectivity index (χ2v) is 29.7. The van der Waals surface area contributed by atoms with Crippen LogP contribution in [-0.2, 0) is 0 Å². The second-order valence-electron chi connectivity index (χ2n) is 27.0. The number of methoxy groups -OCH3 is 13. The van der Waals surface area contributed by atoms with Crippen LogP contribution in [0.15, 0.2) is 264 Å². The van der Waals surface area contributed by atoms with E-state index in [9.17, 15) is 59.4 Å². The average molecular weight is 1980 g/mol. The molecule has 30 heteroatoms. The van der Waals surface area contributed by atoms with E-state index >= 15 is 0 Å². The molecule has 690 valence electrons. The predicted molar refractivity (Wildman–Crippen MR) is 520 cm³/mol. The molecule has 0 radical (unpaired) electrons. The first kappa shape index (κ1) is 105. The number of carbonyl (C=O) groups excluding carboxylic acids is 6. The molecule has 0 saturated carbocycles. The number of aromatic hydroxyl groups is 7. The molecule has 0 unspecified atom stereocenters. The molecule has 0 spiro atoms. The summed E-state index contributed by atoms with van der Waals surface area (Å²) < 4.78 is 69.5. The van der Waals surface area contributed by atoms with Gasteiger partial charge in [0.05, 0.1) is 136 Å². The average Bonchev–Trinajstić information content (AvgIpc) is 0.821. The highest BCUT2D eigenvalue weighted by Gasteiger charge is 2.21. The fourth-order valence-electron chi connectivity index (χ4n) is 11.9. The monoisotopic (exact) mass is 1970 g/mol. The zero-order chi connectivity index (χ0) is 97.4. The van der Waals surface area contributed by atoms with Crippen LogP contribution in [0.1, 0.15) is 95.5 Å². The molecule has 0 aliphatic rings. The van der Waals surface area contributed by atoms with Crippen LogP contribution in [0.25, 0.3) is 36.5 Å². The van der Waals surface area contributed by atoms with Gasteiger partial charge in [-0.05, 0) is 197 Å². The number of rotatable bonds is 31. The molecule has 0 aromatic heterocycles. The van der Waals surface area contributed by atoms with Crippen molar-refractivity contribution in [2.45, 2.75) is 0 Å². The third-order valence-electron chi connectivity index (χ3n) is 18.6. The van der Waals surface area contributed by atoms with E-state index in [-0.39, 0.29) is 113 Å². The minimum Gasteiger partial charge on any atom is -0.508 e. The highest BCUT2D eigenvalue weighted by atomic mass is 79.9. The van der Waals surface area contributed by atoms with Gasteiger partial charge >= 0.3 is 0 Å². The van der Waals surface area contributed by atoms with Crippen LogP contribution < -0.4 is 61.6 Å². The molecular weight excluding hydrogens is 1880 g/mol. The Kier molecular flexibility index (Phi) is 41.7. The van der Waals surface area contributed by atoms with Crippen molar-refractivity contribution in [1.82, 2.24) is 0 Å². The number of hydrogen-bond donors (Lipinski definition) is 7. The molecule has 0 fully saturated rings. The molecule has 0 amide bonds. The maximum absolute atomic E-state index is 12.4. The maximum Gasteiger partial charge on any atom is 0.203 e. The smallest absolute Gasteiger partial charge is 0.203 e. The van der Waals surface area contributed by atoms with E-state index in [4.69, 9.17) is 89.9 Å². The Labute approximate surface area is 795 Å². The molecule has 12 aromatic rings. The first-order valence-corrected chi connectivity index (χ1v) is 41.7. The fraction of sp³-hybridized carbons (Fsp3) is 0.126. The van der Waals surface area contributed by atoms with Crippen molar-refractivity contribution >= 4 is 126 Å². The van der Waals surface area contributed by atoms with Crippen LogP contribution in [0.3, 0.4) is 0 Å². The summed E-state index contributed by atoms with van der Waals surface area (Å²) in [5.41, 5.74) is 5.72. The van der Waals surface area contributed by atoms with E-state index in [1.165, 1.54) is 183 Å². The Hall–Kier alpha value is -15.4. The SMILES string of the molecule is COc1cc(/C=C/C(=O)c2cc(Br)cc(Cl)c2O)cc(OC)c1OC.COc1cc(/C=C/C(=O)c2cc(Br)ccc2O)cc(OC)c1OC.COc1cc(/C=C/C(=O)c2ccccc2O)cc(OC)c1OC.COc1ccc(C(=O)/C=C/c2cc(OC)c(OC)c(OC)c2)c(O)c1.O=C(/C=C/c1ccccc1)c1ccc(O)cc1O.O=C(/C=C/c1ccccc1)c1cccc(Cl)c1O. The van der Waals surface area contributed by atoms with Crippen LogP contribution >= 0.6 is 55.1 Å². The molecule has 133 heavy (non-hydrogen) atoms. The van der Waals surface area contributed by atoms with Crippen LogP contribution in [0, 0.1) is 0 Å². The summed E-state index contributed by atoms with van der Waals surface area (Å²) in [5, 5.41) is 68.0. The first-order valence-electron chi connectivity index (χ1n) is 39.4. The number of halogens is 4. The van der Waals surface area contributed by atoms with Crippen LogP contribution in [0.4, 0.5) is 0 Å². The summed E-state index contributed by atoms with van der Waals surface area (Å²) in [6, 6.07) is 59.9. The van der Waals surface area contributed by atoms with Gasteiger partial charge in [0.2, 0.25) is 23.0 Å². The number of allylic oxidation sites excluding steroid dienone is 6. The van der Waals surface area contributed by atoms with E-state index < -0.39 is 5.78 Å². The Morgan fingerprint density at radius 2 is 0.541 bits per heavy atom. The summed E-state index contributed by atoms with van der Waals surface area (Å²) in [4.78, 5) is 72.8. The van der Waals surface area contributed by atoms with Gasteiger partial charge < -0.3 is 97.3 Å². The van der Waals surface area contributed by atoms with E-state index in [1.54, 1.807) is 134 Å². The number of carbonyl (C=O) groups is 6. The van der Waals surface area contributed by atoms with Gasteiger partial charge in [-0.25, -0.2) is 0 Å². The third kappa shape index (κ3) is 30.4. The van der Waals surface area contributed by atoms with E-state index in [2.05, 4.69) is 31.9 Å². The topological polar surface area (TPSA) is 364 Å². The van der Waals surface area contributed by atoms with E-state index in [0.717, 1.165) is 17.2 Å². The zero-order valence-electron chi connectivity index (χ0n) is 74.1. The fourth-order valence-corrected chi connectivity index (χ4v) is 13.3. The maximum atomic E-state index is 12.4. The minimum absolute atomic E-state index is 0.0490. The first-order chi connectivity index (χ1) is 63.9. The number of phenols is 7. The minimum atomic E-state index is -0.394. The molecule has 12 rings (SSSR count). The van der Waals surface area contributed by atoms with Crippen LogP contribution in [0.5, 0.6) is 115 Å². The van der Waals surface area contributed by atoms with Gasteiger partial charge in [0, 0.05) is 21.1 Å². The lowest BCUT2D eigenvalue weighted by Crippen LogP contribution is -1.97. The molecule has 12 aromatic carbocycles. The summed E-state index contributed by atoms with van der Waals surface area (Å²) in [5.74, 6) is 3.36. The van der Waals surface area contributed by atoms with E-state index in [1.807, 2.05) is 60.7 Å². The van der Waals surface area contributed by atoms with Gasteiger partial charge in [-0.3, -0.25) is 28.8 Å². The number of phenolic OH excluding ortho intramolecular Hbond substituents is 7. The van der Waals surface area contributed by atoms with Gasteiger partial charge in [-0.15, -0.1) is 0 Å². The zero-order valence-corrected chi connectivity index (χ0v) is 78.8. The normalized spacial score (nSPS) is 10.7. The summed E-state index contributed by atoms with van der Waals surface area (Å²) in [6.07, 6.45) is 18.1.